The lowest BCUT2D eigenvalue weighted by Gasteiger charge is -2.39. The summed E-state index contributed by atoms with van der Waals surface area (Å²) in [6.07, 6.45) is 63.4. The molecule has 4 N–H and O–H groups in total. The Morgan fingerprint density at radius 3 is 1.33 bits per heavy atom. The molecule has 0 aromatic carbocycles. The normalized spacial score (nSPS) is 19.5. The number of hydrogen-bond donors (Lipinski definition) is 4. The summed E-state index contributed by atoms with van der Waals surface area (Å²) >= 11 is 0. The Balaban J connectivity index is 2.19. The SMILES string of the molecule is CC/C=C\C/C=C\C/C=C\C/C=C\C/C=C\C/C=C\CCCCCCCCC(=O)OC(COCCCCCCCCCCCC/C=C\CCCCCCCCCC)COC1OC(CO)C(O)C(O)C1O. The van der Waals surface area contributed by atoms with Gasteiger partial charge in [-0.25, -0.2) is 0 Å². The lowest BCUT2D eigenvalue weighted by atomic mass is 9.99. The van der Waals surface area contributed by atoms with E-state index in [9.17, 15) is 25.2 Å². The van der Waals surface area contributed by atoms with Gasteiger partial charge in [0.25, 0.3) is 0 Å². The molecule has 1 aliphatic heterocycles. The van der Waals surface area contributed by atoms with Gasteiger partial charge >= 0.3 is 5.97 Å². The van der Waals surface area contributed by atoms with Crippen molar-refractivity contribution >= 4 is 5.97 Å². The Labute approximate surface area is 429 Å². The summed E-state index contributed by atoms with van der Waals surface area (Å²) < 4.78 is 23.0. The van der Waals surface area contributed by atoms with Crippen molar-refractivity contribution in [3.63, 3.8) is 0 Å². The predicted molar refractivity (Wildman–Crippen MR) is 293 cm³/mol. The highest BCUT2D eigenvalue weighted by Crippen LogP contribution is 2.23. The van der Waals surface area contributed by atoms with Gasteiger partial charge in [-0.1, -0.05) is 221 Å². The van der Waals surface area contributed by atoms with Gasteiger partial charge in [0.2, 0.25) is 0 Å². The minimum Gasteiger partial charge on any atom is -0.457 e. The number of esters is 1. The van der Waals surface area contributed by atoms with Crippen LogP contribution in [0.5, 0.6) is 0 Å². The van der Waals surface area contributed by atoms with Crippen LogP contribution in [0.25, 0.3) is 0 Å². The number of aliphatic hydroxyl groups is 4. The number of allylic oxidation sites excluding steroid dienone is 14. The quantitative estimate of drug-likeness (QED) is 0.0267. The van der Waals surface area contributed by atoms with E-state index in [1.165, 1.54) is 128 Å². The molecule has 0 aromatic rings. The minimum absolute atomic E-state index is 0.124. The Bertz CT molecular complexity index is 1350. The molecule has 0 saturated carbocycles. The van der Waals surface area contributed by atoms with Gasteiger partial charge in [-0.2, -0.15) is 0 Å². The molecule has 70 heavy (non-hydrogen) atoms. The summed E-state index contributed by atoms with van der Waals surface area (Å²) in [4.78, 5) is 12.9. The van der Waals surface area contributed by atoms with Crippen LogP contribution in [0.2, 0.25) is 0 Å². The van der Waals surface area contributed by atoms with Gasteiger partial charge in [-0.05, 0) is 89.9 Å². The van der Waals surface area contributed by atoms with E-state index in [4.69, 9.17) is 18.9 Å². The van der Waals surface area contributed by atoms with E-state index in [1.54, 1.807) is 0 Å². The Kier molecular flexibility index (Phi) is 47.9. The average Bonchev–Trinajstić information content (AvgIpc) is 3.36. The fourth-order valence-corrected chi connectivity index (χ4v) is 8.37. The summed E-state index contributed by atoms with van der Waals surface area (Å²) in [7, 11) is 0. The van der Waals surface area contributed by atoms with Crippen LogP contribution in [0.4, 0.5) is 0 Å². The van der Waals surface area contributed by atoms with Crippen molar-refractivity contribution in [1.29, 1.82) is 0 Å². The molecule has 1 rings (SSSR count). The molecule has 0 aliphatic carbocycles. The molecule has 0 bridgehead atoms. The van der Waals surface area contributed by atoms with E-state index < -0.39 is 43.4 Å². The second kappa shape index (κ2) is 51.3. The maximum absolute atomic E-state index is 12.9. The molecule has 9 nitrogen and oxygen atoms in total. The standard InChI is InChI=1S/C61H106O9/c1-3-5-7-9-11-13-15-17-19-21-23-25-27-28-29-30-32-34-36-38-40-42-44-46-48-50-57(63)69-55(54-68-61-60(66)59(65)58(64)56(52-62)70-61)53-67-51-49-47-45-43-41-39-37-35-33-31-26-24-22-20-18-16-14-12-10-8-6-4-2/h5,7,11,13,17,19,22-25,28-29,32,34,55-56,58-62,64-66H,3-4,6,8-10,12,14-16,18,20-21,26-27,30-31,33,35-54H2,1-2H3/b7-5-,13-11-,19-17-,24-22-,25-23-,29-28-,34-32-. The Hall–Kier alpha value is -2.63. The van der Waals surface area contributed by atoms with E-state index in [-0.39, 0.29) is 19.2 Å². The van der Waals surface area contributed by atoms with Gasteiger partial charge in [-0.15, -0.1) is 0 Å². The van der Waals surface area contributed by atoms with E-state index in [1.807, 2.05) is 0 Å². The fraction of sp³-hybridized carbons (Fsp3) is 0.754. The van der Waals surface area contributed by atoms with Crippen LogP contribution in [0.3, 0.4) is 0 Å². The monoisotopic (exact) mass is 983 g/mol. The van der Waals surface area contributed by atoms with Crippen LogP contribution >= 0.6 is 0 Å². The van der Waals surface area contributed by atoms with Crippen LogP contribution in [0.1, 0.15) is 232 Å². The van der Waals surface area contributed by atoms with Crippen molar-refractivity contribution in [2.24, 2.45) is 0 Å². The highest BCUT2D eigenvalue weighted by Gasteiger charge is 2.44. The van der Waals surface area contributed by atoms with Crippen LogP contribution in [-0.4, -0.2) is 89.6 Å². The van der Waals surface area contributed by atoms with Gasteiger partial charge < -0.3 is 39.4 Å². The molecule has 0 spiro atoms. The van der Waals surface area contributed by atoms with Crippen LogP contribution in [0, 0.1) is 0 Å². The van der Waals surface area contributed by atoms with Crippen molar-refractivity contribution in [2.45, 2.75) is 269 Å². The largest absolute Gasteiger partial charge is 0.457 e. The Morgan fingerprint density at radius 1 is 0.471 bits per heavy atom. The third-order valence-corrected chi connectivity index (χ3v) is 12.8. The number of hydrogen-bond acceptors (Lipinski definition) is 9. The van der Waals surface area contributed by atoms with Gasteiger partial charge in [0.15, 0.2) is 6.29 Å². The highest BCUT2D eigenvalue weighted by atomic mass is 16.7. The summed E-state index contributed by atoms with van der Waals surface area (Å²) in [5.74, 6) is -0.329. The van der Waals surface area contributed by atoms with E-state index in [0.717, 1.165) is 83.5 Å². The number of rotatable bonds is 49. The first kappa shape index (κ1) is 65.4. The molecular formula is C61H106O9. The highest BCUT2D eigenvalue weighted by molar-refractivity contribution is 5.69. The topological polar surface area (TPSA) is 135 Å². The lowest BCUT2D eigenvalue weighted by Crippen LogP contribution is -2.59. The van der Waals surface area contributed by atoms with E-state index in [2.05, 4.69) is 98.9 Å². The third-order valence-electron chi connectivity index (χ3n) is 12.8. The second-order valence-corrected chi connectivity index (χ2v) is 19.4. The molecular weight excluding hydrogens is 877 g/mol. The molecule has 1 saturated heterocycles. The second-order valence-electron chi connectivity index (χ2n) is 19.4. The molecule has 6 atom stereocenters. The van der Waals surface area contributed by atoms with Crippen LogP contribution < -0.4 is 0 Å². The van der Waals surface area contributed by atoms with Crippen molar-refractivity contribution < 1.29 is 44.2 Å². The van der Waals surface area contributed by atoms with Gasteiger partial charge in [0.05, 0.1) is 19.8 Å². The molecule has 0 aromatic heterocycles. The van der Waals surface area contributed by atoms with Crippen molar-refractivity contribution in [1.82, 2.24) is 0 Å². The number of carbonyl (C=O) groups excluding carboxylic acids is 1. The molecule has 0 amide bonds. The predicted octanol–water partition coefficient (Wildman–Crippen LogP) is 14.9. The summed E-state index contributed by atoms with van der Waals surface area (Å²) in [5, 5.41) is 40.4. The van der Waals surface area contributed by atoms with E-state index >= 15 is 0 Å². The number of aliphatic hydroxyl groups excluding tert-OH is 4. The average molecular weight is 984 g/mol. The maximum Gasteiger partial charge on any atom is 0.306 e. The third kappa shape index (κ3) is 40.9. The molecule has 9 heteroatoms. The number of ether oxygens (including phenoxy) is 4. The minimum atomic E-state index is -1.54. The van der Waals surface area contributed by atoms with Crippen molar-refractivity contribution in [3.05, 3.63) is 85.1 Å². The van der Waals surface area contributed by atoms with Crippen molar-refractivity contribution in [2.75, 3.05) is 26.4 Å². The van der Waals surface area contributed by atoms with Gasteiger partial charge in [0.1, 0.15) is 30.5 Å². The lowest BCUT2D eigenvalue weighted by molar-refractivity contribution is -0.305. The van der Waals surface area contributed by atoms with Crippen LogP contribution in [-0.2, 0) is 23.7 Å². The zero-order chi connectivity index (χ0) is 50.6. The Morgan fingerprint density at radius 2 is 0.871 bits per heavy atom. The molecule has 6 unspecified atom stereocenters. The fourth-order valence-electron chi connectivity index (χ4n) is 8.37. The maximum atomic E-state index is 12.9. The zero-order valence-corrected chi connectivity index (χ0v) is 44.7. The van der Waals surface area contributed by atoms with Gasteiger partial charge in [0, 0.05) is 13.0 Å². The first-order valence-electron chi connectivity index (χ1n) is 28.7. The smallest absolute Gasteiger partial charge is 0.306 e. The van der Waals surface area contributed by atoms with Crippen molar-refractivity contribution in [3.8, 4) is 0 Å². The molecule has 1 aliphatic rings. The molecule has 0 radical (unpaired) electrons. The van der Waals surface area contributed by atoms with Gasteiger partial charge in [-0.3, -0.25) is 4.79 Å². The number of carbonyl (C=O) groups is 1. The summed E-state index contributed by atoms with van der Waals surface area (Å²) in [5.41, 5.74) is 0. The zero-order valence-electron chi connectivity index (χ0n) is 44.7. The first-order chi connectivity index (χ1) is 34.4. The first-order valence-corrected chi connectivity index (χ1v) is 28.7. The molecule has 404 valence electrons. The van der Waals surface area contributed by atoms with Crippen LogP contribution in [0.15, 0.2) is 85.1 Å². The molecule has 1 fully saturated rings. The number of unbranched alkanes of at least 4 members (excludes halogenated alkanes) is 24. The summed E-state index contributed by atoms with van der Waals surface area (Å²) in [6.45, 7) is 4.44. The van der Waals surface area contributed by atoms with E-state index in [0.29, 0.717) is 13.0 Å². The molecule has 1 heterocycles. The summed E-state index contributed by atoms with van der Waals surface area (Å²) in [6, 6.07) is 0.